The van der Waals surface area contributed by atoms with Crippen molar-refractivity contribution in [2.75, 3.05) is 0 Å². The summed E-state index contributed by atoms with van der Waals surface area (Å²) in [4.78, 5) is 0. The minimum absolute atomic E-state index is 0.0159. The van der Waals surface area contributed by atoms with Gasteiger partial charge in [-0.2, -0.15) is 0 Å². The summed E-state index contributed by atoms with van der Waals surface area (Å²) in [5.41, 5.74) is 7.87. The van der Waals surface area contributed by atoms with Crippen LogP contribution in [0.5, 0.6) is 0 Å². The monoisotopic (exact) mass is 299 g/mol. The molecule has 0 spiro atoms. The number of rotatable bonds is 4. The fraction of sp³-hybridized carbons (Fsp3) is 0.625. The van der Waals surface area contributed by atoms with Crippen molar-refractivity contribution in [3.8, 4) is 0 Å². The molecule has 1 nitrogen and oxygen atoms in total. The molecule has 0 aliphatic heterocycles. The lowest BCUT2D eigenvalue weighted by atomic mass is 9.71. The van der Waals surface area contributed by atoms with E-state index in [1.807, 2.05) is 12.1 Å². The van der Waals surface area contributed by atoms with Gasteiger partial charge in [0.05, 0.1) is 0 Å². The molecule has 0 heterocycles. The van der Waals surface area contributed by atoms with Crippen molar-refractivity contribution in [1.29, 1.82) is 0 Å². The predicted octanol–water partition coefficient (Wildman–Crippen LogP) is 5.60. The van der Waals surface area contributed by atoms with E-state index in [1.165, 1.54) is 32.1 Å². The summed E-state index contributed by atoms with van der Waals surface area (Å²) in [6, 6.07) is 5.70. The fourth-order valence-electron chi connectivity index (χ4n) is 3.62. The fourth-order valence-corrected chi connectivity index (χ4v) is 4.14. The zero-order valence-corrected chi connectivity index (χ0v) is 13.3. The lowest BCUT2D eigenvalue weighted by Crippen LogP contribution is -2.33. The van der Waals surface area contributed by atoms with Crippen molar-refractivity contribution in [3.05, 3.63) is 33.8 Å². The van der Waals surface area contributed by atoms with Gasteiger partial charge in [-0.3, -0.25) is 0 Å². The lowest BCUT2D eigenvalue weighted by molar-refractivity contribution is 0.183. The van der Waals surface area contributed by atoms with Crippen LogP contribution in [0.4, 0.5) is 0 Å². The van der Waals surface area contributed by atoms with Gasteiger partial charge in [0, 0.05) is 16.1 Å². The topological polar surface area (TPSA) is 26.0 Å². The zero-order valence-electron chi connectivity index (χ0n) is 11.8. The van der Waals surface area contributed by atoms with Gasteiger partial charge in [0.25, 0.3) is 0 Å². The van der Waals surface area contributed by atoms with Gasteiger partial charge in [-0.05, 0) is 48.3 Å². The Morgan fingerprint density at radius 2 is 1.84 bits per heavy atom. The molecule has 2 N–H and O–H groups in total. The van der Waals surface area contributed by atoms with Gasteiger partial charge in [0.2, 0.25) is 0 Å². The van der Waals surface area contributed by atoms with Crippen molar-refractivity contribution >= 4 is 23.2 Å². The van der Waals surface area contributed by atoms with E-state index in [1.54, 1.807) is 6.07 Å². The molecule has 1 aromatic carbocycles. The van der Waals surface area contributed by atoms with Crippen LogP contribution >= 0.6 is 23.2 Å². The molecule has 0 amide bonds. The molecule has 0 saturated heterocycles. The van der Waals surface area contributed by atoms with E-state index in [9.17, 15) is 0 Å². The van der Waals surface area contributed by atoms with Crippen molar-refractivity contribution in [2.24, 2.45) is 17.1 Å². The first-order valence-corrected chi connectivity index (χ1v) is 7.91. The number of hydrogen-bond acceptors (Lipinski definition) is 1. The van der Waals surface area contributed by atoms with E-state index < -0.39 is 0 Å². The second kappa shape index (κ2) is 6.03. The normalized spacial score (nSPS) is 19.9. The molecule has 1 fully saturated rings. The maximum Gasteiger partial charge on any atom is 0.0468 e. The molecular weight excluding hydrogens is 277 g/mol. The standard InChI is InChI=1S/C16H23Cl2N/c1-11(2)10-16(7-3-4-8-16)15(19)13-6-5-12(17)9-14(13)18/h5-6,9,11,15H,3-4,7-8,10,19H2,1-2H3. The molecule has 1 unspecified atom stereocenters. The quantitative estimate of drug-likeness (QED) is 0.769. The Morgan fingerprint density at radius 1 is 1.21 bits per heavy atom. The highest BCUT2D eigenvalue weighted by atomic mass is 35.5. The van der Waals surface area contributed by atoms with E-state index in [-0.39, 0.29) is 11.5 Å². The van der Waals surface area contributed by atoms with Gasteiger partial charge in [-0.25, -0.2) is 0 Å². The molecule has 0 bridgehead atoms. The molecule has 0 aromatic heterocycles. The summed E-state index contributed by atoms with van der Waals surface area (Å²) >= 11 is 12.3. The number of benzene rings is 1. The maximum absolute atomic E-state index is 6.61. The molecule has 1 atom stereocenters. The first kappa shape index (κ1) is 15.2. The number of halogens is 2. The Kier molecular flexibility index (Phi) is 4.81. The summed E-state index contributed by atoms with van der Waals surface area (Å²) in [5, 5.41) is 1.38. The van der Waals surface area contributed by atoms with Crippen LogP contribution in [0.15, 0.2) is 18.2 Å². The average molecular weight is 300 g/mol. The zero-order chi connectivity index (χ0) is 14.0. The molecule has 1 aliphatic carbocycles. The highest BCUT2D eigenvalue weighted by molar-refractivity contribution is 6.35. The van der Waals surface area contributed by atoms with Crippen LogP contribution in [-0.2, 0) is 0 Å². The van der Waals surface area contributed by atoms with E-state index in [0.29, 0.717) is 16.0 Å². The van der Waals surface area contributed by atoms with E-state index in [4.69, 9.17) is 28.9 Å². The van der Waals surface area contributed by atoms with Gasteiger partial charge in [-0.1, -0.05) is 56.0 Å². The number of hydrogen-bond donors (Lipinski definition) is 1. The van der Waals surface area contributed by atoms with E-state index in [2.05, 4.69) is 13.8 Å². The SMILES string of the molecule is CC(C)CC1(C(N)c2ccc(Cl)cc2Cl)CCCC1. The maximum atomic E-state index is 6.61. The van der Waals surface area contributed by atoms with E-state index in [0.717, 1.165) is 5.56 Å². The molecular formula is C16H23Cl2N. The van der Waals surface area contributed by atoms with Crippen molar-refractivity contribution in [3.63, 3.8) is 0 Å². The highest BCUT2D eigenvalue weighted by Crippen LogP contribution is 2.51. The van der Waals surface area contributed by atoms with Crippen LogP contribution in [0, 0.1) is 11.3 Å². The number of nitrogens with two attached hydrogens (primary N) is 1. The molecule has 19 heavy (non-hydrogen) atoms. The Morgan fingerprint density at radius 3 is 2.37 bits per heavy atom. The Hall–Kier alpha value is -0.240. The van der Waals surface area contributed by atoms with Gasteiger partial charge in [-0.15, -0.1) is 0 Å². The second-order valence-corrected chi connectivity index (χ2v) is 7.15. The third-order valence-electron chi connectivity index (χ3n) is 4.37. The molecule has 0 radical (unpaired) electrons. The van der Waals surface area contributed by atoms with Crippen LogP contribution in [0.25, 0.3) is 0 Å². The largest absolute Gasteiger partial charge is 0.323 e. The summed E-state index contributed by atoms with van der Waals surface area (Å²) in [5.74, 6) is 0.662. The Bertz CT molecular complexity index is 436. The van der Waals surface area contributed by atoms with Crippen LogP contribution in [0.3, 0.4) is 0 Å². The molecule has 1 aliphatic rings. The average Bonchev–Trinajstić information content (AvgIpc) is 2.77. The minimum atomic E-state index is 0.0159. The minimum Gasteiger partial charge on any atom is -0.323 e. The van der Waals surface area contributed by atoms with Gasteiger partial charge in [0.1, 0.15) is 0 Å². The molecule has 2 rings (SSSR count). The third kappa shape index (κ3) is 3.26. The van der Waals surface area contributed by atoms with Crippen LogP contribution in [0.2, 0.25) is 10.0 Å². The second-order valence-electron chi connectivity index (χ2n) is 6.31. The van der Waals surface area contributed by atoms with Crippen LogP contribution in [0.1, 0.15) is 57.6 Å². The smallest absolute Gasteiger partial charge is 0.0468 e. The van der Waals surface area contributed by atoms with Crippen LogP contribution < -0.4 is 5.73 Å². The molecule has 3 heteroatoms. The van der Waals surface area contributed by atoms with Crippen molar-refractivity contribution < 1.29 is 0 Å². The third-order valence-corrected chi connectivity index (χ3v) is 4.93. The Labute approximate surface area is 126 Å². The summed E-state index contributed by atoms with van der Waals surface area (Å²) in [7, 11) is 0. The summed E-state index contributed by atoms with van der Waals surface area (Å²) < 4.78 is 0. The van der Waals surface area contributed by atoms with Crippen molar-refractivity contribution in [2.45, 2.75) is 52.0 Å². The molecule has 106 valence electrons. The van der Waals surface area contributed by atoms with Crippen LogP contribution in [-0.4, -0.2) is 0 Å². The summed E-state index contributed by atoms with van der Waals surface area (Å²) in [6.07, 6.45) is 6.17. The first-order chi connectivity index (χ1) is 8.94. The van der Waals surface area contributed by atoms with E-state index >= 15 is 0 Å². The summed E-state index contributed by atoms with van der Waals surface area (Å²) in [6.45, 7) is 4.55. The first-order valence-electron chi connectivity index (χ1n) is 7.15. The van der Waals surface area contributed by atoms with Gasteiger partial charge >= 0.3 is 0 Å². The lowest BCUT2D eigenvalue weighted by Gasteiger charge is -2.37. The van der Waals surface area contributed by atoms with Crippen molar-refractivity contribution in [1.82, 2.24) is 0 Å². The predicted molar refractivity (Wildman–Crippen MR) is 83.7 cm³/mol. The highest BCUT2D eigenvalue weighted by Gasteiger charge is 2.41. The van der Waals surface area contributed by atoms with Gasteiger partial charge in [0.15, 0.2) is 0 Å². The van der Waals surface area contributed by atoms with Gasteiger partial charge < -0.3 is 5.73 Å². The Balaban J connectivity index is 2.31. The molecule has 1 saturated carbocycles. The molecule has 1 aromatic rings.